The van der Waals surface area contributed by atoms with E-state index in [1.807, 2.05) is 13.8 Å². The molecule has 4 atom stereocenters. The molecule has 2 aliphatic heterocycles. The third-order valence-corrected chi connectivity index (χ3v) is 7.64. The zero-order chi connectivity index (χ0) is 19.4. The molecular formula is C17H24BrNO5S. The Kier molecular flexibility index (Phi) is 5.23. The van der Waals surface area contributed by atoms with Crippen molar-refractivity contribution < 1.29 is 24.2 Å². The van der Waals surface area contributed by atoms with Crippen LogP contribution in [-0.4, -0.2) is 60.9 Å². The first-order chi connectivity index (χ1) is 11.3. The van der Waals surface area contributed by atoms with Crippen molar-refractivity contribution in [1.82, 2.24) is 4.90 Å². The van der Waals surface area contributed by atoms with Gasteiger partial charge in [-0.3, -0.25) is 9.59 Å². The van der Waals surface area contributed by atoms with E-state index in [4.69, 9.17) is 4.74 Å². The number of ketones is 1. The van der Waals surface area contributed by atoms with Crippen molar-refractivity contribution in [2.75, 3.05) is 6.61 Å². The third kappa shape index (κ3) is 3.06. The quantitative estimate of drug-likeness (QED) is 0.308. The average Bonchev–Trinajstić information content (AvgIpc) is 2.78. The maximum absolute atomic E-state index is 12.8. The molecule has 2 unspecified atom stereocenters. The fourth-order valence-electron chi connectivity index (χ4n) is 3.10. The van der Waals surface area contributed by atoms with E-state index in [1.165, 1.54) is 22.7 Å². The van der Waals surface area contributed by atoms with Crippen molar-refractivity contribution in [1.29, 1.82) is 0 Å². The lowest BCUT2D eigenvalue weighted by Gasteiger charge is -2.52. The Balaban J connectivity index is 2.31. The Hall–Kier alpha value is -0.860. The minimum Gasteiger partial charge on any atom is -0.460 e. The van der Waals surface area contributed by atoms with Gasteiger partial charge in [0.15, 0.2) is 10.1 Å². The van der Waals surface area contributed by atoms with Crippen LogP contribution in [0.3, 0.4) is 0 Å². The first kappa shape index (κ1) is 20.5. The molecule has 0 spiro atoms. The van der Waals surface area contributed by atoms with Crippen LogP contribution in [0.1, 0.15) is 34.6 Å². The molecule has 0 saturated carbocycles. The fraction of sp³-hybridized carbons (Fsp3) is 0.706. The summed E-state index contributed by atoms with van der Waals surface area (Å²) in [5.41, 5.74) is -0.790. The zero-order valence-electron chi connectivity index (χ0n) is 15.0. The SMILES string of the molecule is C=CCOC(=O)[C@@H]1N2C(=O)C(Br)(C(O)C(=O)C(C)(C)C)[C@H]2SC1(C)C. The second-order valence-electron chi connectivity index (χ2n) is 7.89. The number of hydrogen-bond acceptors (Lipinski definition) is 6. The van der Waals surface area contributed by atoms with Gasteiger partial charge >= 0.3 is 5.97 Å². The van der Waals surface area contributed by atoms with E-state index in [-0.39, 0.29) is 6.61 Å². The summed E-state index contributed by atoms with van der Waals surface area (Å²) in [6.07, 6.45) is -0.0318. The van der Waals surface area contributed by atoms with Gasteiger partial charge in [0.25, 0.3) is 0 Å². The number of thioether (sulfide) groups is 1. The standard InChI is InChI=1S/C17H24BrNO5S/c1-7-8-24-12(22)9-16(5,6)25-14-17(18,13(23)19(9)14)11(21)10(20)15(2,3)4/h7,9,11,14,21H,1,8H2,2-6H3/t9-,11?,14+,17?/m0/s1. The van der Waals surface area contributed by atoms with Crippen LogP contribution in [0.4, 0.5) is 0 Å². The van der Waals surface area contributed by atoms with Gasteiger partial charge in [-0.2, -0.15) is 0 Å². The molecule has 140 valence electrons. The van der Waals surface area contributed by atoms with Crippen LogP contribution in [0.25, 0.3) is 0 Å². The van der Waals surface area contributed by atoms with Gasteiger partial charge in [-0.1, -0.05) is 49.4 Å². The van der Waals surface area contributed by atoms with Gasteiger partial charge in [0.2, 0.25) is 5.91 Å². The van der Waals surface area contributed by atoms with E-state index in [1.54, 1.807) is 20.8 Å². The highest BCUT2D eigenvalue weighted by molar-refractivity contribution is 9.10. The van der Waals surface area contributed by atoms with Gasteiger partial charge < -0.3 is 14.7 Å². The Morgan fingerprint density at radius 3 is 2.52 bits per heavy atom. The molecule has 25 heavy (non-hydrogen) atoms. The summed E-state index contributed by atoms with van der Waals surface area (Å²) in [6, 6.07) is -0.780. The maximum atomic E-state index is 12.8. The van der Waals surface area contributed by atoms with Gasteiger partial charge in [0.05, 0.1) is 0 Å². The first-order valence-corrected chi connectivity index (χ1v) is 9.66. The molecule has 0 aromatic heterocycles. The second kappa shape index (κ2) is 6.39. The number of ether oxygens (including phenoxy) is 1. The number of esters is 1. The van der Waals surface area contributed by atoms with Gasteiger partial charge in [-0.25, -0.2) is 4.79 Å². The summed E-state index contributed by atoms with van der Waals surface area (Å²) in [4.78, 5) is 39.1. The van der Waals surface area contributed by atoms with Gasteiger partial charge in [0, 0.05) is 10.2 Å². The van der Waals surface area contributed by atoms with Crippen molar-refractivity contribution in [3.63, 3.8) is 0 Å². The number of aliphatic hydroxyl groups excluding tert-OH is 1. The molecule has 2 heterocycles. The predicted octanol–water partition coefficient (Wildman–Crippen LogP) is 1.89. The van der Waals surface area contributed by atoms with Gasteiger partial charge in [0.1, 0.15) is 24.1 Å². The van der Waals surface area contributed by atoms with Crippen LogP contribution in [0.2, 0.25) is 0 Å². The number of rotatable bonds is 5. The molecular weight excluding hydrogens is 410 g/mol. The van der Waals surface area contributed by atoms with E-state index >= 15 is 0 Å². The predicted molar refractivity (Wildman–Crippen MR) is 99.4 cm³/mol. The van der Waals surface area contributed by atoms with E-state index in [0.29, 0.717) is 0 Å². The Morgan fingerprint density at radius 1 is 1.48 bits per heavy atom. The topological polar surface area (TPSA) is 83.9 Å². The van der Waals surface area contributed by atoms with E-state index in [0.717, 1.165) is 0 Å². The molecule has 0 aromatic rings. The van der Waals surface area contributed by atoms with E-state index in [9.17, 15) is 19.5 Å². The molecule has 0 radical (unpaired) electrons. The Labute approximate surface area is 160 Å². The Morgan fingerprint density at radius 2 is 2.04 bits per heavy atom. The normalized spacial score (nSPS) is 31.8. The van der Waals surface area contributed by atoms with Crippen molar-refractivity contribution in [3.8, 4) is 0 Å². The number of amides is 1. The number of carbonyl (C=O) groups excluding carboxylic acids is 3. The summed E-state index contributed by atoms with van der Waals surface area (Å²) >= 11 is 4.70. The van der Waals surface area contributed by atoms with Crippen LogP contribution in [0.5, 0.6) is 0 Å². The average molecular weight is 434 g/mol. The summed E-state index contributed by atoms with van der Waals surface area (Å²) < 4.78 is 3.10. The lowest BCUT2D eigenvalue weighted by molar-refractivity contribution is -0.169. The minimum absolute atomic E-state index is 0.0629. The molecule has 8 heteroatoms. The summed E-state index contributed by atoms with van der Waals surface area (Å²) in [5.74, 6) is -1.41. The number of fused-ring (bicyclic) bond motifs is 1. The number of aliphatic hydroxyl groups is 1. The largest absolute Gasteiger partial charge is 0.460 e. The van der Waals surface area contributed by atoms with Crippen LogP contribution < -0.4 is 0 Å². The molecule has 2 saturated heterocycles. The van der Waals surface area contributed by atoms with Crippen LogP contribution in [0.15, 0.2) is 12.7 Å². The molecule has 2 rings (SSSR count). The van der Waals surface area contributed by atoms with Crippen LogP contribution >= 0.6 is 27.7 Å². The second-order valence-corrected chi connectivity index (χ2v) is 10.9. The van der Waals surface area contributed by atoms with E-state index < -0.39 is 49.7 Å². The van der Waals surface area contributed by atoms with Crippen molar-refractivity contribution in [2.24, 2.45) is 5.41 Å². The minimum atomic E-state index is -1.49. The molecule has 0 bridgehead atoms. The lowest BCUT2D eigenvalue weighted by Crippen LogP contribution is -2.76. The highest BCUT2D eigenvalue weighted by Gasteiger charge is 2.74. The molecule has 2 fully saturated rings. The molecule has 6 nitrogen and oxygen atoms in total. The molecule has 1 N–H and O–H groups in total. The summed E-state index contributed by atoms with van der Waals surface area (Å²) in [7, 11) is 0. The van der Waals surface area contributed by atoms with Crippen molar-refractivity contribution >= 4 is 45.4 Å². The molecule has 1 amide bonds. The third-order valence-electron chi connectivity index (χ3n) is 4.48. The molecule has 2 aliphatic rings. The monoisotopic (exact) mass is 433 g/mol. The van der Waals surface area contributed by atoms with Crippen LogP contribution in [0, 0.1) is 5.41 Å². The van der Waals surface area contributed by atoms with Crippen LogP contribution in [-0.2, 0) is 19.1 Å². The number of alkyl halides is 1. The van der Waals surface area contributed by atoms with Gasteiger partial charge in [-0.05, 0) is 13.8 Å². The smallest absolute Gasteiger partial charge is 0.330 e. The number of Topliss-reactive ketones (excluding diaryl/α,β-unsaturated/α-hetero) is 1. The first-order valence-electron chi connectivity index (χ1n) is 7.99. The zero-order valence-corrected chi connectivity index (χ0v) is 17.4. The van der Waals surface area contributed by atoms with Crippen molar-refractivity contribution in [2.45, 2.75) is 61.2 Å². The highest BCUT2D eigenvalue weighted by atomic mass is 79.9. The number of β-lactam (4-membered cyclic amide) rings is 1. The summed E-state index contributed by atoms with van der Waals surface area (Å²) in [6.45, 7) is 12.3. The summed E-state index contributed by atoms with van der Waals surface area (Å²) in [5, 5.41) is 10.1. The highest BCUT2D eigenvalue weighted by Crippen LogP contribution is 2.59. The van der Waals surface area contributed by atoms with Crippen molar-refractivity contribution in [3.05, 3.63) is 12.7 Å². The number of nitrogens with zero attached hydrogens (tertiary/aromatic N) is 1. The molecule has 0 aliphatic carbocycles. The number of halogens is 1. The maximum Gasteiger partial charge on any atom is 0.330 e. The van der Waals surface area contributed by atoms with E-state index in [2.05, 4.69) is 22.5 Å². The number of carbonyl (C=O) groups is 3. The number of hydrogen-bond donors (Lipinski definition) is 1. The Bertz CT molecular complexity index is 629. The fourth-order valence-corrected chi connectivity index (χ4v) is 5.66. The molecule has 0 aromatic carbocycles. The van der Waals surface area contributed by atoms with Gasteiger partial charge in [-0.15, -0.1) is 11.8 Å². The lowest BCUT2D eigenvalue weighted by atomic mass is 9.78.